The first kappa shape index (κ1) is 17.0. The van der Waals surface area contributed by atoms with Crippen molar-refractivity contribution in [3.63, 3.8) is 0 Å². The molecule has 0 amide bonds. The molecule has 2 rings (SSSR count). The van der Waals surface area contributed by atoms with E-state index in [2.05, 4.69) is 6.07 Å². The lowest BCUT2D eigenvalue weighted by Gasteiger charge is -2.36. The van der Waals surface area contributed by atoms with Crippen LogP contribution >= 0.6 is 0 Å². The van der Waals surface area contributed by atoms with Gasteiger partial charge in [-0.05, 0) is 30.5 Å². The summed E-state index contributed by atoms with van der Waals surface area (Å²) in [5.41, 5.74) is 1.61. The van der Waals surface area contributed by atoms with Crippen LogP contribution in [0, 0.1) is 17.2 Å². The molecule has 2 atom stereocenters. The predicted molar refractivity (Wildman–Crippen MR) is 82.1 cm³/mol. The number of rotatable bonds is 4. The van der Waals surface area contributed by atoms with Crippen LogP contribution in [0.5, 0.6) is 0 Å². The van der Waals surface area contributed by atoms with Crippen LogP contribution in [0.25, 0.3) is 0 Å². The third-order valence-electron chi connectivity index (χ3n) is 4.19. The zero-order valence-corrected chi connectivity index (χ0v) is 13.3. The normalized spacial score (nSPS) is 21.3. The van der Waals surface area contributed by atoms with Crippen molar-refractivity contribution in [2.45, 2.75) is 25.4 Å². The number of nitrogens with zero attached hydrogens (tertiary/aromatic N) is 2. The van der Waals surface area contributed by atoms with E-state index in [-0.39, 0.29) is 17.9 Å². The molecule has 0 saturated carbocycles. The van der Waals surface area contributed by atoms with Crippen molar-refractivity contribution >= 4 is 11.9 Å². The quantitative estimate of drug-likeness (QED) is 0.783. The molecule has 6 nitrogen and oxygen atoms in total. The van der Waals surface area contributed by atoms with E-state index in [1.165, 1.54) is 14.2 Å². The second-order valence-electron chi connectivity index (χ2n) is 5.56. The van der Waals surface area contributed by atoms with E-state index in [9.17, 15) is 9.59 Å². The highest BCUT2D eigenvalue weighted by Gasteiger charge is 2.37. The van der Waals surface area contributed by atoms with Crippen LogP contribution in [0.4, 0.5) is 0 Å². The number of nitriles is 1. The van der Waals surface area contributed by atoms with Crippen LogP contribution in [0.2, 0.25) is 0 Å². The molecule has 122 valence electrons. The summed E-state index contributed by atoms with van der Waals surface area (Å²) in [5, 5.41) is 8.84. The molecule has 0 unspecified atom stereocenters. The Hall–Kier alpha value is -2.39. The number of benzene rings is 1. The van der Waals surface area contributed by atoms with Crippen molar-refractivity contribution in [2.24, 2.45) is 5.92 Å². The lowest BCUT2D eigenvalue weighted by Crippen LogP contribution is -2.48. The fourth-order valence-corrected chi connectivity index (χ4v) is 2.88. The van der Waals surface area contributed by atoms with Crippen molar-refractivity contribution in [1.82, 2.24) is 4.90 Å². The molecule has 23 heavy (non-hydrogen) atoms. The summed E-state index contributed by atoms with van der Waals surface area (Å²) < 4.78 is 9.67. The van der Waals surface area contributed by atoms with Crippen LogP contribution in [-0.4, -0.2) is 43.6 Å². The van der Waals surface area contributed by atoms with E-state index in [0.29, 0.717) is 31.5 Å². The number of carbonyl (C=O) groups is 2. The summed E-state index contributed by atoms with van der Waals surface area (Å²) in [6.07, 6.45) is 1.05. The van der Waals surface area contributed by atoms with Crippen molar-refractivity contribution < 1.29 is 19.1 Å². The van der Waals surface area contributed by atoms with Crippen molar-refractivity contribution in [3.8, 4) is 6.07 Å². The van der Waals surface area contributed by atoms with Gasteiger partial charge in [-0.1, -0.05) is 12.1 Å². The molecule has 1 fully saturated rings. The van der Waals surface area contributed by atoms with Gasteiger partial charge >= 0.3 is 11.9 Å². The summed E-state index contributed by atoms with van der Waals surface area (Å²) in [7, 11) is 2.71. The number of ether oxygens (including phenoxy) is 2. The van der Waals surface area contributed by atoms with Crippen LogP contribution < -0.4 is 0 Å². The van der Waals surface area contributed by atoms with E-state index in [1.54, 1.807) is 12.1 Å². The molecule has 6 heteroatoms. The van der Waals surface area contributed by atoms with Crippen molar-refractivity contribution in [3.05, 3.63) is 35.4 Å². The average molecular weight is 316 g/mol. The summed E-state index contributed by atoms with van der Waals surface area (Å²) >= 11 is 0. The first-order valence-corrected chi connectivity index (χ1v) is 7.47. The smallest absolute Gasteiger partial charge is 0.323 e. The Labute approximate surface area is 135 Å². The summed E-state index contributed by atoms with van der Waals surface area (Å²) in [5.74, 6) is -0.898. The molecular formula is C17H20N2O4. The standard InChI is InChI=1S/C17H20N2O4/c1-22-16(20)14-7-8-19(15(9-14)17(21)23-2)11-13-5-3-12(10-18)4-6-13/h3-6,14-15H,7-9,11H2,1-2H3/t14-,15-/m1/s1. The highest BCUT2D eigenvalue weighted by Crippen LogP contribution is 2.26. The molecule has 0 spiro atoms. The van der Waals surface area contributed by atoms with Gasteiger partial charge in [-0.15, -0.1) is 0 Å². The van der Waals surface area contributed by atoms with Crippen molar-refractivity contribution in [1.29, 1.82) is 5.26 Å². The van der Waals surface area contributed by atoms with Crippen LogP contribution in [-0.2, 0) is 25.6 Å². The van der Waals surface area contributed by atoms with E-state index in [4.69, 9.17) is 14.7 Å². The Morgan fingerprint density at radius 2 is 1.87 bits per heavy atom. The maximum atomic E-state index is 12.1. The minimum absolute atomic E-state index is 0.277. The predicted octanol–water partition coefficient (Wildman–Crippen LogP) is 1.48. The molecule has 1 saturated heterocycles. The second kappa shape index (κ2) is 7.75. The lowest BCUT2D eigenvalue weighted by atomic mass is 9.90. The lowest BCUT2D eigenvalue weighted by molar-refractivity contribution is -0.154. The Morgan fingerprint density at radius 1 is 1.22 bits per heavy atom. The van der Waals surface area contributed by atoms with Gasteiger partial charge in [0.25, 0.3) is 0 Å². The summed E-state index contributed by atoms with van der Waals surface area (Å²) in [6, 6.07) is 8.87. The minimum Gasteiger partial charge on any atom is -0.469 e. The average Bonchev–Trinajstić information content (AvgIpc) is 2.61. The SMILES string of the molecule is COC(=O)[C@@H]1CCN(Cc2ccc(C#N)cc2)[C@@H](C(=O)OC)C1. The molecule has 0 bridgehead atoms. The molecule has 1 aromatic rings. The number of likely N-dealkylation sites (tertiary alicyclic amines) is 1. The fraction of sp³-hybridized carbons (Fsp3) is 0.471. The van der Waals surface area contributed by atoms with E-state index in [1.807, 2.05) is 17.0 Å². The molecule has 1 aromatic carbocycles. The van der Waals surface area contributed by atoms with E-state index >= 15 is 0 Å². The maximum absolute atomic E-state index is 12.1. The van der Waals surface area contributed by atoms with Gasteiger partial charge in [-0.3, -0.25) is 14.5 Å². The first-order valence-electron chi connectivity index (χ1n) is 7.47. The summed E-state index contributed by atoms with van der Waals surface area (Å²) in [4.78, 5) is 25.8. The molecule has 1 aliphatic rings. The van der Waals surface area contributed by atoms with Gasteiger partial charge in [0, 0.05) is 13.1 Å². The molecule has 1 heterocycles. The van der Waals surface area contributed by atoms with Gasteiger partial charge in [0.15, 0.2) is 0 Å². The Kier molecular flexibility index (Phi) is 5.72. The van der Waals surface area contributed by atoms with Crippen LogP contribution in [0.15, 0.2) is 24.3 Å². The molecular weight excluding hydrogens is 296 g/mol. The van der Waals surface area contributed by atoms with Crippen LogP contribution in [0.1, 0.15) is 24.0 Å². The van der Waals surface area contributed by atoms with Gasteiger partial charge in [0.1, 0.15) is 6.04 Å². The fourth-order valence-electron chi connectivity index (χ4n) is 2.88. The third kappa shape index (κ3) is 4.08. The monoisotopic (exact) mass is 316 g/mol. The largest absolute Gasteiger partial charge is 0.469 e. The number of piperidine rings is 1. The highest BCUT2D eigenvalue weighted by molar-refractivity contribution is 5.78. The van der Waals surface area contributed by atoms with Gasteiger partial charge in [0.2, 0.25) is 0 Å². The van der Waals surface area contributed by atoms with Crippen molar-refractivity contribution in [2.75, 3.05) is 20.8 Å². The second-order valence-corrected chi connectivity index (χ2v) is 5.56. The number of esters is 2. The molecule has 0 aliphatic carbocycles. The first-order chi connectivity index (χ1) is 11.1. The number of hydrogen-bond acceptors (Lipinski definition) is 6. The topological polar surface area (TPSA) is 79.6 Å². The number of hydrogen-bond donors (Lipinski definition) is 0. The van der Waals surface area contributed by atoms with Gasteiger partial charge in [0.05, 0.1) is 31.8 Å². The molecule has 0 radical (unpaired) electrons. The zero-order valence-electron chi connectivity index (χ0n) is 13.3. The molecule has 0 N–H and O–H groups in total. The van der Waals surface area contributed by atoms with Crippen LogP contribution in [0.3, 0.4) is 0 Å². The van der Waals surface area contributed by atoms with Gasteiger partial charge < -0.3 is 9.47 Å². The number of methoxy groups -OCH3 is 2. The van der Waals surface area contributed by atoms with Gasteiger partial charge in [-0.2, -0.15) is 5.26 Å². The highest BCUT2D eigenvalue weighted by atomic mass is 16.5. The maximum Gasteiger partial charge on any atom is 0.323 e. The zero-order chi connectivity index (χ0) is 16.8. The summed E-state index contributed by atoms with van der Waals surface area (Å²) in [6.45, 7) is 1.18. The molecule has 0 aromatic heterocycles. The minimum atomic E-state index is -0.464. The number of carbonyl (C=O) groups excluding carboxylic acids is 2. The Bertz CT molecular complexity index is 606. The third-order valence-corrected chi connectivity index (χ3v) is 4.19. The van der Waals surface area contributed by atoms with E-state index < -0.39 is 6.04 Å². The Balaban J connectivity index is 2.11. The molecule has 1 aliphatic heterocycles. The van der Waals surface area contributed by atoms with Gasteiger partial charge in [-0.25, -0.2) is 0 Å². The van der Waals surface area contributed by atoms with E-state index in [0.717, 1.165) is 5.56 Å². The Morgan fingerprint density at radius 3 is 2.43 bits per heavy atom.